The van der Waals surface area contributed by atoms with Crippen molar-refractivity contribution in [2.45, 2.75) is 330 Å². The van der Waals surface area contributed by atoms with Crippen molar-refractivity contribution in [1.29, 1.82) is 0 Å². The first-order chi connectivity index (χ1) is 38.8. The zero-order chi connectivity index (χ0) is 58.3. The lowest BCUT2D eigenvalue weighted by molar-refractivity contribution is -0.379. The van der Waals surface area contributed by atoms with E-state index in [1.807, 2.05) is 6.08 Å². The highest BCUT2D eigenvalue weighted by Crippen LogP contribution is 2.33. The highest BCUT2D eigenvalue weighted by atomic mass is 16.8. The third kappa shape index (κ3) is 28.0. The van der Waals surface area contributed by atoms with Gasteiger partial charge in [0.15, 0.2) is 18.9 Å². The molecule has 0 aromatic heterocycles. The number of unbranched alkanes of at least 4 members (excludes halogenated alkanes) is 29. The van der Waals surface area contributed by atoms with Crippen LogP contribution >= 0.6 is 0 Å². The summed E-state index contributed by atoms with van der Waals surface area (Å²) in [5.41, 5.74) is 0. The molecule has 0 aromatic rings. The predicted molar refractivity (Wildman–Crippen MR) is 305 cm³/mol. The Kier molecular flexibility index (Phi) is 40.5. The maximum atomic E-state index is 13.3. The molecular formula is C61H113NO18. The molecule has 3 heterocycles. The number of amides is 1. The summed E-state index contributed by atoms with van der Waals surface area (Å²) < 4.78 is 34.1. The van der Waals surface area contributed by atoms with Crippen LogP contribution in [0.4, 0.5) is 0 Å². The van der Waals surface area contributed by atoms with Gasteiger partial charge >= 0.3 is 0 Å². The Morgan fingerprint density at radius 2 is 0.800 bits per heavy atom. The second kappa shape index (κ2) is 44.7. The molecule has 19 nitrogen and oxygen atoms in total. The Morgan fingerprint density at radius 1 is 0.438 bits per heavy atom. The molecule has 80 heavy (non-hydrogen) atoms. The summed E-state index contributed by atoms with van der Waals surface area (Å²) in [6.07, 6.45) is 20.8. The standard InChI is InChI=1S/C61H113NO18/c1-3-5-7-9-11-13-14-15-16-17-18-19-20-21-22-23-24-25-26-27-28-29-30-31-33-35-37-39-49(67)62-44(45(66)38-36-34-32-12-10-8-6-4-2)43-75-59-55(73)52(70)57(47(41-64)77-59)80-61-56(74)53(71)58(48(42-65)78-61)79-60-54(72)51(69)50(68)46(40-63)76-60/h10,12,36,38,44-48,50-61,63-66,68-74H,3-9,11,13-35,37,39-43H2,1-2H3,(H,62,67)/b12-10+,38-36+. The number of carbonyl (C=O) groups is 1. The molecule has 12 N–H and O–H groups in total. The van der Waals surface area contributed by atoms with Crippen LogP contribution in [-0.4, -0.2) is 193 Å². The molecule has 0 spiro atoms. The second-order valence-electron chi connectivity index (χ2n) is 22.9. The quantitative estimate of drug-likeness (QED) is 0.0234. The molecule has 3 rings (SSSR count). The molecule has 3 aliphatic heterocycles. The normalized spacial score (nSPS) is 30.1. The van der Waals surface area contributed by atoms with Crippen molar-refractivity contribution < 1.29 is 89.4 Å². The van der Waals surface area contributed by atoms with Crippen LogP contribution in [-0.2, 0) is 33.2 Å². The number of hydrogen-bond acceptors (Lipinski definition) is 18. The molecule has 0 radical (unpaired) electrons. The van der Waals surface area contributed by atoms with Crippen molar-refractivity contribution in [2.24, 2.45) is 0 Å². The van der Waals surface area contributed by atoms with Crippen LogP contribution in [0.25, 0.3) is 0 Å². The summed E-state index contributed by atoms with van der Waals surface area (Å²) in [5, 5.41) is 120. The number of carbonyl (C=O) groups excluding carboxylic acids is 1. The smallest absolute Gasteiger partial charge is 0.220 e. The molecule has 17 atom stereocenters. The molecule has 3 aliphatic rings. The van der Waals surface area contributed by atoms with Crippen molar-refractivity contribution in [1.82, 2.24) is 5.32 Å². The fraction of sp³-hybridized carbons (Fsp3) is 0.918. The summed E-state index contributed by atoms with van der Waals surface area (Å²) >= 11 is 0. The van der Waals surface area contributed by atoms with Crippen LogP contribution in [0.1, 0.15) is 226 Å². The third-order valence-electron chi connectivity index (χ3n) is 16.0. The molecule has 0 aliphatic carbocycles. The maximum absolute atomic E-state index is 13.3. The zero-order valence-electron chi connectivity index (χ0n) is 49.1. The van der Waals surface area contributed by atoms with Gasteiger partial charge in [0.05, 0.1) is 38.6 Å². The van der Waals surface area contributed by atoms with Gasteiger partial charge in [0.1, 0.15) is 73.2 Å². The Morgan fingerprint density at radius 3 is 1.24 bits per heavy atom. The number of aliphatic hydroxyl groups excluding tert-OH is 11. The first-order valence-corrected chi connectivity index (χ1v) is 31.6. The molecule has 1 amide bonds. The summed E-state index contributed by atoms with van der Waals surface area (Å²) in [4.78, 5) is 13.3. The van der Waals surface area contributed by atoms with Crippen LogP contribution in [0, 0.1) is 0 Å². The van der Waals surface area contributed by atoms with Gasteiger partial charge in [0, 0.05) is 6.42 Å². The van der Waals surface area contributed by atoms with Gasteiger partial charge in [-0.25, -0.2) is 0 Å². The van der Waals surface area contributed by atoms with E-state index >= 15 is 0 Å². The number of ether oxygens (including phenoxy) is 6. The van der Waals surface area contributed by atoms with Crippen LogP contribution < -0.4 is 5.32 Å². The average molecular weight is 1150 g/mol. The van der Waals surface area contributed by atoms with Crippen molar-refractivity contribution in [2.75, 3.05) is 26.4 Å². The SMILES string of the molecule is CCCC/C=C/CC/C=C/C(O)C(COC1OC(CO)C(OC2OC(CO)C(OC3OC(CO)C(O)C(O)C3O)C(O)C2O)C(O)C1O)NC(=O)CCCCCCCCCCCCCCCCCCCCCCCCCCCCC. The van der Waals surface area contributed by atoms with Crippen LogP contribution in [0.3, 0.4) is 0 Å². The molecule has 3 fully saturated rings. The minimum atomic E-state index is -1.98. The predicted octanol–water partition coefficient (Wildman–Crippen LogP) is 6.32. The van der Waals surface area contributed by atoms with Gasteiger partial charge in [-0.1, -0.05) is 218 Å². The van der Waals surface area contributed by atoms with Crippen molar-refractivity contribution in [3.05, 3.63) is 24.3 Å². The Labute approximate surface area is 479 Å². The molecule has 0 bridgehead atoms. The second-order valence-corrected chi connectivity index (χ2v) is 22.9. The van der Waals surface area contributed by atoms with E-state index < -0.39 is 124 Å². The van der Waals surface area contributed by atoms with E-state index in [1.165, 1.54) is 148 Å². The highest BCUT2D eigenvalue weighted by molar-refractivity contribution is 5.76. The van der Waals surface area contributed by atoms with E-state index in [0.717, 1.165) is 44.9 Å². The minimum Gasteiger partial charge on any atom is -0.394 e. The minimum absolute atomic E-state index is 0.239. The van der Waals surface area contributed by atoms with Gasteiger partial charge in [-0.05, 0) is 25.7 Å². The van der Waals surface area contributed by atoms with Gasteiger partial charge in [0.25, 0.3) is 0 Å². The summed E-state index contributed by atoms with van der Waals surface area (Å²) in [6.45, 7) is 1.63. The molecule has 3 saturated heterocycles. The molecule has 19 heteroatoms. The number of hydrogen-bond donors (Lipinski definition) is 12. The van der Waals surface area contributed by atoms with E-state index in [-0.39, 0.29) is 18.9 Å². The number of allylic oxidation sites excluding steroid dienone is 3. The Hall–Kier alpha value is -1.73. The summed E-state index contributed by atoms with van der Waals surface area (Å²) in [7, 11) is 0. The Balaban J connectivity index is 1.37. The number of nitrogens with one attached hydrogen (secondary N) is 1. The van der Waals surface area contributed by atoms with Crippen LogP contribution in [0.15, 0.2) is 24.3 Å². The monoisotopic (exact) mass is 1150 g/mol. The lowest BCUT2D eigenvalue weighted by Crippen LogP contribution is -2.66. The van der Waals surface area contributed by atoms with Crippen LogP contribution in [0.5, 0.6) is 0 Å². The van der Waals surface area contributed by atoms with Gasteiger partial charge in [-0.15, -0.1) is 0 Å². The topological polar surface area (TPSA) is 307 Å². The third-order valence-corrected chi connectivity index (χ3v) is 16.0. The Bertz CT molecular complexity index is 1560. The fourth-order valence-electron chi connectivity index (χ4n) is 10.8. The summed E-state index contributed by atoms with van der Waals surface area (Å²) in [6, 6.07) is -0.983. The highest BCUT2D eigenvalue weighted by Gasteiger charge is 2.53. The van der Waals surface area contributed by atoms with E-state index in [1.54, 1.807) is 6.08 Å². The van der Waals surface area contributed by atoms with Gasteiger partial charge < -0.3 is 89.9 Å². The van der Waals surface area contributed by atoms with E-state index in [2.05, 4.69) is 31.3 Å². The van der Waals surface area contributed by atoms with E-state index in [0.29, 0.717) is 12.8 Å². The first kappa shape index (κ1) is 72.5. The average Bonchev–Trinajstić information content (AvgIpc) is 3.55. The summed E-state index contributed by atoms with van der Waals surface area (Å²) in [5.74, 6) is -0.286. The molecule has 0 saturated carbocycles. The van der Waals surface area contributed by atoms with E-state index in [4.69, 9.17) is 28.4 Å². The van der Waals surface area contributed by atoms with Gasteiger partial charge in [0.2, 0.25) is 5.91 Å². The zero-order valence-corrected chi connectivity index (χ0v) is 49.1. The maximum Gasteiger partial charge on any atom is 0.220 e. The lowest BCUT2D eigenvalue weighted by Gasteiger charge is -2.48. The first-order valence-electron chi connectivity index (χ1n) is 31.6. The number of aliphatic hydroxyl groups is 11. The molecular weight excluding hydrogens is 1030 g/mol. The molecule has 17 unspecified atom stereocenters. The van der Waals surface area contributed by atoms with Gasteiger partial charge in [-0.2, -0.15) is 0 Å². The lowest BCUT2D eigenvalue weighted by atomic mass is 9.96. The fourth-order valence-corrected chi connectivity index (χ4v) is 10.8. The van der Waals surface area contributed by atoms with E-state index in [9.17, 15) is 61.0 Å². The number of rotatable bonds is 47. The molecule has 0 aromatic carbocycles. The van der Waals surface area contributed by atoms with Crippen molar-refractivity contribution >= 4 is 5.91 Å². The largest absolute Gasteiger partial charge is 0.394 e. The van der Waals surface area contributed by atoms with Crippen molar-refractivity contribution in [3.63, 3.8) is 0 Å². The van der Waals surface area contributed by atoms with Crippen LogP contribution in [0.2, 0.25) is 0 Å². The molecule has 470 valence electrons. The van der Waals surface area contributed by atoms with Gasteiger partial charge in [-0.3, -0.25) is 4.79 Å². The van der Waals surface area contributed by atoms with Crippen molar-refractivity contribution in [3.8, 4) is 0 Å².